The third-order valence-corrected chi connectivity index (χ3v) is 3.75. The smallest absolute Gasteiger partial charge is 0.293 e. The van der Waals surface area contributed by atoms with Crippen molar-refractivity contribution in [3.05, 3.63) is 42.6 Å². The van der Waals surface area contributed by atoms with Crippen molar-refractivity contribution in [1.29, 1.82) is 0 Å². The first-order valence-corrected chi connectivity index (χ1v) is 8.05. The number of aliphatic imine (C=N–C) groups is 1. The van der Waals surface area contributed by atoms with Gasteiger partial charge in [0.25, 0.3) is 11.8 Å². The summed E-state index contributed by atoms with van der Waals surface area (Å²) in [6.45, 7) is 5.60. The Morgan fingerprint density at radius 3 is 2.64 bits per heavy atom. The first-order valence-electron chi connectivity index (χ1n) is 8.05. The minimum absolute atomic E-state index is 0.0764. The fourth-order valence-corrected chi connectivity index (χ4v) is 2.50. The molecule has 2 heterocycles. The number of rotatable bonds is 4. The van der Waals surface area contributed by atoms with E-state index in [4.69, 9.17) is 0 Å². The van der Waals surface area contributed by atoms with Crippen LogP contribution >= 0.6 is 0 Å². The molecule has 2 aromatic rings. The second-order valence-corrected chi connectivity index (χ2v) is 5.98. The maximum Gasteiger partial charge on any atom is 0.293 e. The number of amidine groups is 1. The van der Waals surface area contributed by atoms with Gasteiger partial charge in [-0.25, -0.2) is 14.7 Å². The standard InChI is InChI=1S/C17H20N6O2/c1-11(2)22-14(9-10-18-22)20-16(24)15-19-12(3)17(25)23(21-15)13-7-5-4-6-8-13/h4-12H,1-3H3,(H,19,21)(H,20,24)/t12-/m0/s1. The number of anilines is 2. The molecule has 1 aliphatic heterocycles. The highest BCUT2D eigenvalue weighted by Crippen LogP contribution is 2.17. The molecule has 8 heteroatoms. The van der Waals surface area contributed by atoms with Gasteiger partial charge >= 0.3 is 0 Å². The van der Waals surface area contributed by atoms with Crippen molar-refractivity contribution in [2.75, 3.05) is 10.3 Å². The lowest BCUT2D eigenvalue weighted by molar-refractivity contribution is -0.120. The molecule has 1 aliphatic rings. The molecular formula is C17H20N6O2. The maximum atomic E-state index is 12.6. The van der Waals surface area contributed by atoms with E-state index >= 15 is 0 Å². The van der Waals surface area contributed by atoms with Crippen LogP contribution in [0.15, 0.2) is 47.6 Å². The monoisotopic (exact) mass is 340 g/mol. The average Bonchev–Trinajstić information content (AvgIpc) is 3.06. The van der Waals surface area contributed by atoms with Crippen LogP contribution in [0.25, 0.3) is 0 Å². The summed E-state index contributed by atoms with van der Waals surface area (Å²) >= 11 is 0. The zero-order chi connectivity index (χ0) is 18.0. The highest BCUT2D eigenvalue weighted by Gasteiger charge is 2.31. The zero-order valence-electron chi connectivity index (χ0n) is 14.3. The van der Waals surface area contributed by atoms with Crippen molar-refractivity contribution in [3.63, 3.8) is 0 Å². The van der Waals surface area contributed by atoms with Gasteiger partial charge in [-0.3, -0.25) is 15.0 Å². The average molecular weight is 340 g/mol. The zero-order valence-corrected chi connectivity index (χ0v) is 14.3. The summed E-state index contributed by atoms with van der Waals surface area (Å²) in [6, 6.07) is 10.2. The van der Waals surface area contributed by atoms with Crippen LogP contribution in [-0.2, 0) is 9.59 Å². The van der Waals surface area contributed by atoms with Gasteiger partial charge in [-0.2, -0.15) is 5.10 Å². The Morgan fingerprint density at radius 1 is 1.24 bits per heavy atom. The molecule has 0 saturated heterocycles. The summed E-state index contributed by atoms with van der Waals surface area (Å²) in [5, 5.41) is 8.30. The van der Waals surface area contributed by atoms with Gasteiger partial charge in [-0.1, -0.05) is 18.2 Å². The summed E-state index contributed by atoms with van der Waals surface area (Å²) in [5.74, 6) is -0.00886. The van der Waals surface area contributed by atoms with Crippen LogP contribution in [-0.4, -0.2) is 33.5 Å². The maximum absolute atomic E-state index is 12.6. The predicted octanol–water partition coefficient (Wildman–Crippen LogP) is 1.74. The number of hydrogen-bond donors (Lipinski definition) is 2. The Balaban J connectivity index is 1.81. The van der Waals surface area contributed by atoms with Crippen LogP contribution in [0.1, 0.15) is 26.8 Å². The van der Waals surface area contributed by atoms with Crippen molar-refractivity contribution in [2.45, 2.75) is 32.9 Å². The van der Waals surface area contributed by atoms with Gasteiger partial charge in [0, 0.05) is 12.1 Å². The highest BCUT2D eigenvalue weighted by atomic mass is 16.2. The van der Waals surface area contributed by atoms with Crippen molar-refractivity contribution in [3.8, 4) is 0 Å². The lowest BCUT2D eigenvalue weighted by Gasteiger charge is -2.30. The van der Waals surface area contributed by atoms with E-state index in [0.29, 0.717) is 11.5 Å². The number of para-hydroxylation sites is 1. The van der Waals surface area contributed by atoms with Crippen LogP contribution in [0.4, 0.5) is 11.5 Å². The largest absolute Gasteiger partial charge is 0.304 e. The number of hydrogen-bond acceptors (Lipinski definition) is 5. The van der Waals surface area contributed by atoms with E-state index < -0.39 is 11.9 Å². The molecule has 130 valence electrons. The number of benzene rings is 1. The summed E-state index contributed by atoms with van der Waals surface area (Å²) in [6.07, 6.45) is 1.62. The van der Waals surface area contributed by atoms with Gasteiger partial charge in [-0.15, -0.1) is 0 Å². The van der Waals surface area contributed by atoms with Crippen LogP contribution < -0.4 is 15.8 Å². The van der Waals surface area contributed by atoms with Crippen molar-refractivity contribution < 1.29 is 9.59 Å². The Morgan fingerprint density at radius 2 is 1.96 bits per heavy atom. The van der Waals surface area contributed by atoms with E-state index in [1.807, 2.05) is 32.0 Å². The lowest BCUT2D eigenvalue weighted by Crippen LogP contribution is -2.57. The molecule has 8 nitrogen and oxygen atoms in total. The lowest BCUT2D eigenvalue weighted by atomic mass is 10.2. The molecular weight excluding hydrogens is 320 g/mol. The second kappa shape index (κ2) is 6.76. The van der Waals surface area contributed by atoms with Gasteiger partial charge in [0.05, 0.1) is 11.9 Å². The fourth-order valence-electron chi connectivity index (χ4n) is 2.50. The van der Waals surface area contributed by atoms with Gasteiger partial charge in [0.1, 0.15) is 11.9 Å². The van der Waals surface area contributed by atoms with Crippen molar-refractivity contribution >= 4 is 29.2 Å². The Kier molecular flexibility index (Phi) is 4.51. The predicted molar refractivity (Wildman–Crippen MR) is 95.2 cm³/mol. The molecule has 0 fully saturated rings. The molecule has 1 aromatic carbocycles. The van der Waals surface area contributed by atoms with Crippen LogP contribution in [0.2, 0.25) is 0 Å². The SMILES string of the molecule is CC(C)n1nccc1NC(=O)C1=N[C@@H](C)C(=O)N(c2ccccc2)N1. The minimum atomic E-state index is -0.655. The minimum Gasteiger partial charge on any atom is -0.304 e. The summed E-state index contributed by atoms with van der Waals surface area (Å²) in [5.41, 5.74) is 3.45. The van der Waals surface area contributed by atoms with Crippen LogP contribution in [0, 0.1) is 0 Å². The molecule has 0 bridgehead atoms. The molecule has 2 amide bonds. The van der Waals surface area contributed by atoms with E-state index in [0.717, 1.165) is 0 Å². The highest BCUT2D eigenvalue weighted by molar-refractivity contribution is 6.43. The molecule has 0 radical (unpaired) electrons. The quantitative estimate of drug-likeness (QED) is 0.887. The number of carbonyl (C=O) groups is 2. The number of aromatic nitrogens is 2. The molecule has 2 N–H and O–H groups in total. The second-order valence-electron chi connectivity index (χ2n) is 5.98. The van der Waals surface area contributed by atoms with Gasteiger partial charge in [0.15, 0.2) is 0 Å². The van der Waals surface area contributed by atoms with Gasteiger partial charge in [0.2, 0.25) is 5.84 Å². The molecule has 0 aliphatic carbocycles. The third-order valence-electron chi connectivity index (χ3n) is 3.75. The Hall–Kier alpha value is -3.16. The molecule has 0 saturated carbocycles. The third kappa shape index (κ3) is 3.37. The molecule has 1 atom stereocenters. The first kappa shape index (κ1) is 16.7. The normalized spacial score (nSPS) is 17.3. The number of nitrogens with zero attached hydrogens (tertiary/aromatic N) is 4. The van der Waals surface area contributed by atoms with Crippen LogP contribution in [0.3, 0.4) is 0 Å². The molecule has 0 unspecified atom stereocenters. The van der Waals surface area contributed by atoms with E-state index in [9.17, 15) is 9.59 Å². The summed E-state index contributed by atoms with van der Waals surface area (Å²) in [7, 11) is 0. The molecule has 1 aromatic heterocycles. The Bertz CT molecular complexity index is 812. The van der Waals surface area contributed by atoms with Crippen molar-refractivity contribution in [2.24, 2.45) is 4.99 Å². The number of amides is 2. The number of nitrogens with one attached hydrogen (secondary N) is 2. The van der Waals surface area contributed by atoms with Gasteiger partial charge in [-0.05, 0) is 32.9 Å². The van der Waals surface area contributed by atoms with E-state index in [2.05, 4.69) is 20.8 Å². The Labute approximate surface area is 145 Å². The first-order chi connectivity index (χ1) is 12.0. The summed E-state index contributed by atoms with van der Waals surface area (Å²) in [4.78, 5) is 29.1. The topological polar surface area (TPSA) is 91.6 Å². The van der Waals surface area contributed by atoms with Gasteiger partial charge < -0.3 is 5.32 Å². The van der Waals surface area contributed by atoms with Crippen molar-refractivity contribution in [1.82, 2.24) is 15.2 Å². The molecule has 0 spiro atoms. The number of hydrazine groups is 1. The van der Waals surface area contributed by atoms with E-state index in [1.54, 1.807) is 36.0 Å². The van der Waals surface area contributed by atoms with E-state index in [-0.39, 0.29) is 17.8 Å². The number of carbonyl (C=O) groups excluding carboxylic acids is 2. The fraction of sp³-hybridized carbons (Fsp3) is 0.294. The molecule has 3 rings (SSSR count). The molecule has 25 heavy (non-hydrogen) atoms. The van der Waals surface area contributed by atoms with E-state index in [1.165, 1.54) is 5.01 Å². The summed E-state index contributed by atoms with van der Waals surface area (Å²) < 4.78 is 1.70. The van der Waals surface area contributed by atoms with Crippen LogP contribution in [0.5, 0.6) is 0 Å².